The van der Waals surface area contributed by atoms with Crippen LogP contribution in [-0.2, 0) is 10.3 Å². The van der Waals surface area contributed by atoms with Gasteiger partial charge in [0, 0.05) is 19.6 Å². The predicted octanol–water partition coefficient (Wildman–Crippen LogP) is 3.21. The van der Waals surface area contributed by atoms with Crippen LogP contribution in [0.15, 0.2) is 30.3 Å². The van der Waals surface area contributed by atoms with E-state index in [1.807, 2.05) is 30.3 Å². The molecule has 0 radical (unpaired) electrons. The lowest BCUT2D eigenvalue weighted by Crippen LogP contribution is -2.36. The molecule has 2 N–H and O–H groups in total. The van der Waals surface area contributed by atoms with Gasteiger partial charge in [0.05, 0.1) is 6.07 Å². The molecule has 1 aromatic carbocycles. The third-order valence-corrected chi connectivity index (χ3v) is 3.31. The molecule has 1 rings (SSSR count). The molecule has 0 saturated heterocycles. The second-order valence-corrected chi connectivity index (χ2v) is 5.17. The highest BCUT2D eigenvalue weighted by atomic mass is 16.5. The van der Waals surface area contributed by atoms with E-state index in [1.54, 1.807) is 0 Å². The van der Waals surface area contributed by atoms with E-state index < -0.39 is 5.54 Å². The highest BCUT2D eigenvalue weighted by Crippen LogP contribution is 2.21. The normalized spacial score (nSPS) is 15.5. The highest BCUT2D eigenvalue weighted by Gasteiger charge is 2.26. The van der Waals surface area contributed by atoms with Crippen LogP contribution < -0.4 is 5.73 Å². The minimum atomic E-state index is -0.949. The number of nitriles is 1. The SMILES string of the molecule is CCCC(C)COCCC(N)(C#N)c1ccccc1. The maximum atomic E-state index is 9.30. The molecule has 0 heterocycles. The van der Waals surface area contributed by atoms with Crippen LogP contribution in [0, 0.1) is 17.2 Å². The van der Waals surface area contributed by atoms with E-state index in [4.69, 9.17) is 10.5 Å². The van der Waals surface area contributed by atoms with Gasteiger partial charge < -0.3 is 10.5 Å². The Morgan fingerprint density at radius 3 is 2.63 bits per heavy atom. The first-order chi connectivity index (χ1) is 9.12. The summed E-state index contributed by atoms with van der Waals surface area (Å²) < 4.78 is 5.64. The number of rotatable bonds is 8. The highest BCUT2D eigenvalue weighted by molar-refractivity contribution is 5.30. The van der Waals surface area contributed by atoms with Crippen LogP contribution in [0.2, 0.25) is 0 Å². The number of hydrogen-bond acceptors (Lipinski definition) is 3. The second kappa shape index (κ2) is 7.93. The fourth-order valence-corrected chi connectivity index (χ4v) is 2.09. The average Bonchev–Trinajstić information content (AvgIpc) is 2.44. The molecule has 3 nitrogen and oxygen atoms in total. The van der Waals surface area contributed by atoms with Gasteiger partial charge in [-0.05, 0) is 17.9 Å². The van der Waals surface area contributed by atoms with E-state index in [0.29, 0.717) is 18.9 Å². The lowest BCUT2D eigenvalue weighted by molar-refractivity contribution is 0.0913. The van der Waals surface area contributed by atoms with E-state index in [-0.39, 0.29) is 0 Å². The number of hydrogen-bond donors (Lipinski definition) is 1. The Morgan fingerprint density at radius 2 is 2.05 bits per heavy atom. The van der Waals surface area contributed by atoms with Gasteiger partial charge in [0.1, 0.15) is 5.54 Å². The van der Waals surface area contributed by atoms with Crippen molar-refractivity contribution in [1.29, 1.82) is 5.26 Å². The first-order valence-corrected chi connectivity index (χ1v) is 6.95. The first kappa shape index (κ1) is 15.7. The molecule has 0 aliphatic heterocycles. The van der Waals surface area contributed by atoms with Crippen LogP contribution in [0.5, 0.6) is 0 Å². The molecular formula is C16H24N2O. The second-order valence-electron chi connectivity index (χ2n) is 5.17. The molecule has 0 bridgehead atoms. The van der Waals surface area contributed by atoms with Gasteiger partial charge in [-0.25, -0.2) is 0 Å². The Bertz CT molecular complexity index is 399. The quantitative estimate of drug-likeness (QED) is 0.730. The van der Waals surface area contributed by atoms with Crippen molar-refractivity contribution in [2.75, 3.05) is 13.2 Å². The summed E-state index contributed by atoms with van der Waals surface area (Å²) in [4.78, 5) is 0. The molecule has 0 saturated carbocycles. The minimum Gasteiger partial charge on any atom is -0.381 e. The number of nitrogens with two attached hydrogens (primary N) is 1. The Morgan fingerprint density at radius 1 is 1.37 bits per heavy atom. The van der Waals surface area contributed by atoms with Gasteiger partial charge in [-0.2, -0.15) is 5.26 Å². The molecular weight excluding hydrogens is 236 g/mol. The van der Waals surface area contributed by atoms with Gasteiger partial charge in [-0.1, -0.05) is 50.6 Å². The monoisotopic (exact) mass is 260 g/mol. The van der Waals surface area contributed by atoms with Crippen LogP contribution in [0.1, 0.15) is 38.7 Å². The third-order valence-electron chi connectivity index (χ3n) is 3.31. The van der Waals surface area contributed by atoms with Crippen molar-refractivity contribution in [3.8, 4) is 6.07 Å². The molecule has 19 heavy (non-hydrogen) atoms. The summed E-state index contributed by atoms with van der Waals surface area (Å²) in [6.07, 6.45) is 2.87. The van der Waals surface area contributed by atoms with Crippen molar-refractivity contribution in [2.45, 2.75) is 38.6 Å². The Hall–Kier alpha value is -1.37. The summed E-state index contributed by atoms with van der Waals surface area (Å²) in [5.41, 5.74) is 6.05. The fraction of sp³-hybridized carbons (Fsp3) is 0.562. The predicted molar refractivity (Wildman–Crippen MR) is 77.4 cm³/mol. The van der Waals surface area contributed by atoms with Crippen molar-refractivity contribution < 1.29 is 4.74 Å². The van der Waals surface area contributed by atoms with Crippen LogP contribution in [-0.4, -0.2) is 13.2 Å². The van der Waals surface area contributed by atoms with Crippen LogP contribution in [0.3, 0.4) is 0 Å². The molecule has 3 heteroatoms. The number of nitrogens with zero attached hydrogens (tertiary/aromatic N) is 1. The van der Waals surface area contributed by atoms with Crippen LogP contribution in [0.25, 0.3) is 0 Å². The van der Waals surface area contributed by atoms with Crippen LogP contribution >= 0.6 is 0 Å². The fourth-order valence-electron chi connectivity index (χ4n) is 2.09. The van der Waals surface area contributed by atoms with Crippen molar-refractivity contribution in [1.82, 2.24) is 0 Å². The first-order valence-electron chi connectivity index (χ1n) is 6.95. The van der Waals surface area contributed by atoms with Crippen molar-refractivity contribution >= 4 is 0 Å². The molecule has 0 amide bonds. The van der Waals surface area contributed by atoms with Gasteiger partial charge in [0.2, 0.25) is 0 Å². The largest absolute Gasteiger partial charge is 0.381 e. The van der Waals surface area contributed by atoms with E-state index >= 15 is 0 Å². The van der Waals surface area contributed by atoms with Gasteiger partial charge in [-0.3, -0.25) is 0 Å². The zero-order valence-electron chi connectivity index (χ0n) is 11.9. The van der Waals surface area contributed by atoms with E-state index in [1.165, 1.54) is 12.8 Å². The molecule has 2 atom stereocenters. The molecule has 1 aromatic rings. The van der Waals surface area contributed by atoms with Gasteiger partial charge in [0.25, 0.3) is 0 Å². The van der Waals surface area contributed by atoms with Crippen molar-refractivity contribution in [2.24, 2.45) is 11.7 Å². The standard InChI is InChI=1S/C16H24N2O/c1-3-7-14(2)12-19-11-10-16(18,13-17)15-8-5-4-6-9-15/h4-6,8-9,14H,3,7,10-12,18H2,1-2H3. The number of benzene rings is 1. The van der Waals surface area contributed by atoms with Gasteiger partial charge in [-0.15, -0.1) is 0 Å². The van der Waals surface area contributed by atoms with Crippen molar-refractivity contribution in [3.05, 3.63) is 35.9 Å². The van der Waals surface area contributed by atoms with Gasteiger partial charge in [0.15, 0.2) is 0 Å². The molecule has 0 fully saturated rings. The summed E-state index contributed by atoms with van der Waals surface area (Å²) in [7, 11) is 0. The Labute approximate surface area is 116 Å². The lowest BCUT2D eigenvalue weighted by atomic mass is 9.89. The summed E-state index contributed by atoms with van der Waals surface area (Å²) >= 11 is 0. The maximum Gasteiger partial charge on any atom is 0.132 e. The molecule has 0 aliphatic carbocycles. The molecule has 104 valence electrons. The topological polar surface area (TPSA) is 59.0 Å². The third kappa shape index (κ3) is 5.02. The number of ether oxygens (including phenoxy) is 1. The molecule has 0 aliphatic rings. The van der Waals surface area contributed by atoms with Crippen molar-refractivity contribution in [3.63, 3.8) is 0 Å². The zero-order valence-corrected chi connectivity index (χ0v) is 11.9. The smallest absolute Gasteiger partial charge is 0.132 e. The summed E-state index contributed by atoms with van der Waals surface area (Å²) in [5, 5.41) is 9.30. The molecule has 0 aromatic heterocycles. The summed E-state index contributed by atoms with van der Waals surface area (Å²) in [6, 6.07) is 11.7. The summed E-state index contributed by atoms with van der Waals surface area (Å²) in [6.45, 7) is 5.62. The van der Waals surface area contributed by atoms with Gasteiger partial charge >= 0.3 is 0 Å². The molecule has 2 unspecified atom stereocenters. The Kier molecular flexibility index (Phi) is 6.55. The van der Waals surface area contributed by atoms with E-state index in [9.17, 15) is 5.26 Å². The Balaban J connectivity index is 2.44. The van der Waals surface area contributed by atoms with E-state index in [2.05, 4.69) is 19.9 Å². The lowest BCUT2D eigenvalue weighted by Gasteiger charge is -2.22. The van der Waals surface area contributed by atoms with E-state index in [0.717, 1.165) is 12.2 Å². The average molecular weight is 260 g/mol. The summed E-state index contributed by atoms with van der Waals surface area (Å²) in [5.74, 6) is 0.566. The molecule has 0 spiro atoms. The zero-order chi connectivity index (χ0) is 14.1. The van der Waals surface area contributed by atoms with Crippen LogP contribution in [0.4, 0.5) is 0 Å². The minimum absolute atomic E-state index is 0.520. The maximum absolute atomic E-state index is 9.30.